The second-order valence-corrected chi connectivity index (χ2v) is 8.07. The maximum absolute atomic E-state index is 11.3. The first kappa shape index (κ1) is 18.6. The number of fused-ring (bicyclic) bond motifs is 1. The predicted octanol–water partition coefficient (Wildman–Crippen LogP) is 3.97. The number of piperidine rings is 2. The van der Waals surface area contributed by atoms with Crippen LogP contribution in [0.4, 0.5) is 5.69 Å². The first-order chi connectivity index (χ1) is 13.1. The van der Waals surface area contributed by atoms with Crippen molar-refractivity contribution in [1.82, 2.24) is 18.9 Å². The first-order valence-corrected chi connectivity index (χ1v) is 10.4. The zero-order chi connectivity index (χ0) is 18.8. The van der Waals surface area contributed by atoms with E-state index in [0.29, 0.717) is 6.67 Å². The molecule has 1 aromatic heterocycles. The van der Waals surface area contributed by atoms with Crippen LogP contribution in [0.2, 0.25) is 0 Å². The highest BCUT2D eigenvalue weighted by Gasteiger charge is 2.20. The Morgan fingerprint density at radius 3 is 1.89 bits per heavy atom. The number of rotatable bonds is 5. The zero-order valence-corrected chi connectivity index (χ0v) is 16.5. The van der Waals surface area contributed by atoms with Crippen LogP contribution in [0.5, 0.6) is 0 Å². The SMILES string of the molecule is O=[N+]([O-])c1ccc2c(c1)n(CN1CCCCC1)c(=S)n2CN1CCCCC1. The van der Waals surface area contributed by atoms with E-state index in [1.807, 2.05) is 6.07 Å². The topological polar surface area (TPSA) is 59.5 Å². The maximum Gasteiger partial charge on any atom is 0.271 e. The van der Waals surface area contributed by atoms with Crippen LogP contribution in [0.3, 0.4) is 0 Å². The number of nitro benzene ring substituents is 1. The average Bonchev–Trinajstić information content (AvgIpc) is 2.95. The molecule has 8 heteroatoms. The lowest BCUT2D eigenvalue weighted by atomic mass is 10.1. The Kier molecular flexibility index (Phi) is 5.56. The van der Waals surface area contributed by atoms with Gasteiger partial charge in [-0.3, -0.25) is 19.9 Å². The molecular formula is C19H27N5O2S. The van der Waals surface area contributed by atoms with Crippen molar-refractivity contribution < 1.29 is 4.92 Å². The fourth-order valence-electron chi connectivity index (χ4n) is 4.30. The van der Waals surface area contributed by atoms with E-state index >= 15 is 0 Å². The molecule has 0 atom stereocenters. The summed E-state index contributed by atoms with van der Waals surface area (Å²) in [5.41, 5.74) is 1.99. The van der Waals surface area contributed by atoms with Gasteiger partial charge < -0.3 is 9.13 Å². The van der Waals surface area contributed by atoms with Gasteiger partial charge in [-0.15, -0.1) is 0 Å². The summed E-state index contributed by atoms with van der Waals surface area (Å²) in [7, 11) is 0. The highest BCUT2D eigenvalue weighted by Crippen LogP contribution is 2.25. The molecule has 2 aliphatic rings. The van der Waals surface area contributed by atoms with Gasteiger partial charge in [0.2, 0.25) is 0 Å². The Morgan fingerprint density at radius 2 is 1.37 bits per heavy atom. The molecule has 0 saturated carbocycles. The molecule has 7 nitrogen and oxygen atoms in total. The molecule has 4 rings (SSSR count). The van der Waals surface area contributed by atoms with E-state index in [9.17, 15) is 10.1 Å². The molecule has 3 heterocycles. The normalized spacial score (nSPS) is 19.6. The fraction of sp³-hybridized carbons (Fsp3) is 0.632. The van der Waals surface area contributed by atoms with Crippen LogP contribution in [0.15, 0.2) is 18.2 Å². The van der Waals surface area contributed by atoms with Crippen molar-refractivity contribution in [3.05, 3.63) is 33.1 Å². The Balaban J connectivity index is 1.73. The van der Waals surface area contributed by atoms with Gasteiger partial charge in [0.05, 0.1) is 29.3 Å². The van der Waals surface area contributed by atoms with Crippen molar-refractivity contribution in [2.45, 2.75) is 51.9 Å². The van der Waals surface area contributed by atoms with E-state index in [0.717, 1.165) is 48.7 Å². The molecule has 146 valence electrons. The lowest BCUT2D eigenvalue weighted by Crippen LogP contribution is -2.33. The number of imidazole rings is 1. The number of nitro groups is 1. The van der Waals surface area contributed by atoms with Crippen molar-refractivity contribution in [2.75, 3.05) is 26.2 Å². The Hall–Kier alpha value is -1.77. The van der Waals surface area contributed by atoms with Crippen molar-refractivity contribution in [3.63, 3.8) is 0 Å². The van der Waals surface area contributed by atoms with Gasteiger partial charge in [-0.05, 0) is 70.1 Å². The molecule has 2 aliphatic heterocycles. The molecule has 2 aromatic rings. The highest BCUT2D eigenvalue weighted by atomic mass is 32.1. The van der Waals surface area contributed by atoms with Crippen molar-refractivity contribution in [1.29, 1.82) is 0 Å². The summed E-state index contributed by atoms with van der Waals surface area (Å²) >= 11 is 5.84. The number of likely N-dealkylation sites (tertiary alicyclic amines) is 2. The number of nitrogens with zero attached hydrogens (tertiary/aromatic N) is 5. The summed E-state index contributed by atoms with van der Waals surface area (Å²) in [4.78, 5) is 15.8. The van der Waals surface area contributed by atoms with Gasteiger partial charge in [0.15, 0.2) is 4.77 Å². The van der Waals surface area contributed by atoms with E-state index in [2.05, 4.69) is 18.9 Å². The molecule has 2 fully saturated rings. The Bertz CT molecular complexity index is 878. The summed E-state index contributed by atoms with van der Waals surface area (Å²) in [6, 6.07) is 5.14. The van der Waals surface area contributed by atoms with E-state index in [4.69, 9.17) is 12.2 Å². The van der Waals surface area contributed by atoms with Crippen LogP contribution in [0.25, 0.3) is 11.0 Å². The molecule has 1 aromatic carbocycles. The maximum atomic E-state index is 11.3. The molecule has 0 unspecified atom stereocenters. The Labute approximate surface area is 164 Å². The molecule has 0 aliphatic carbocycles. The minimum Gasteiger partial charge on any atom is -0.303 e. The molecule has 0 amide bonds. The van der Waals surface area contributed by atoms with Crippen molar-refractivity contribution in [3.8, 4) is 0 Å². The minimum atomic E-state index is -0.324. The van der Waals surface area contributed by atoms with E-state index in [1.165, 1.54) is 38.5 Å². The number of non-ortho nitro benzene ring substituents is 1. The lowest BCUT2D eigenvalue weighted by Gasteiger charge is -2.27. The van der Waals surface area contributed by atoms with E-state index in [1.54, 1.807) is 12.1 Å². The lowest BCUT2D eigenvalue weighted by molar-refractivity contribution is -0.384. The quantitative estimate of drug-likeness (QED) is 0.440. The van der Waals surface area contributed by atoms with E-state index in [-0.39, 0.29) is 10.6 Å². The van der Waals surface area contributed by atoms with E-state index < -0.39 is 0 Å². The van der Waals surface area contributed by atoms with Gasteiger partial charge in [0.25, 0.3) is 5.69 Å². The van der Waals surface area contributed by atoms with Crippen molar-refractivity contribution >= 4 is 28.9 Å². The smallest absolute Gasteiger partial charge is 0.271 e. The van der Waals surface area contributed by atoms with Crippen LogP contribution < -0.4 is 0 Å². The minimum absolute atomic E-state index is 0.125. The fourth-order valence-corrected chi connectivity index (χ4v) is 4.61. The van der Waals surface area contributed by atoms with Gasteiger partial charge in [0, 0.05) is 12.1 Å². The third-order valence-corrected chi connectivity index (χ3v) is 6.23. The van der Waals surface area contributed by atoms with Crippen molar-refractivity contribution in [2.24, 2.45) is 0 Å². The van der Waals surface area contributed by atoms with Gasteiger partial charge in [-0.1, -0.05) is 12.8 Å². The molecule has 0 N–H and O–H groups in total. The molecule has 2 saturated heterocycles. The van der Waals surface area contributed by atoms with Crippen LogP contribution in [0.1, 0.15) is 38.5 Å². The zero-order valence-electron chi connectivity index (χ0n) is 15.7. The van der Waals surface area contributed by atoms with Crippen LogP contribution in [-0.2, 0) is 13.3 Å². The van der Waals surface area contributed by atoms with Gasteiger partial charge in [-0.2, -0.15) is 0 Å². The molecule has 0 radical (unpaired) electrons. The second-order valence-electron chi connectivity index (χ2n) is 7.71. The standard InChI is InChI=1S/C19H27N5O2S/c25-24(26)16-7-8-17-18(13-16)23(15-21-11-5-2-6-12-21)19(27)22(17)14-20-9-3-1-4-10-20/h7-8,13H,1-6,9-12,14-15H2. The van der Waals surface area contributed by atoms with Gasteiger partial charge in [-0.25, -0.2) is 0 Å². The number of hydrogen-bond acceptors (Lipinski definition) is 5. The summed E-state index contributed by atoms with van der Waals surface area (Å²) < 4.78 is 5.01. The summed E-state index contributed by atoms with van der Waals surface area (Å²) in [6.07, 6.45) is 7.45. The summed E-state index contributed by atoms with van der Waals surface area (Å²) in [5, 5.41) is 11.3. The molecule has 0 bridgehead atoms. The van der Waals surface area contributed by atoms with Crippen LogP contribution in [0, 0.1) is 14.9 Å². The third kappa shape index (κ3) is 3.93. The predicted molar refractivity (Wildman–Crippen MR) is 108 cm³/mol. The second kappa shape index (κ2) is 8.08. The van der Waals surface area contributed by atoms with Gasteiger partial charge >= 0.3 is 0 Å². The highest BCUT2D eigenvalue weighted by molar-refractivity contribution is 7.71. The average molecular weight is 390 g/mol. The first-order valence-electron chi connectivity index (χ1n) is 9.96. The van der Waals surface area contributed by atoms with Gasteiger partial charge in [0.1, 0.15) is 0 Å². The number of benzene rings is 1. The number of aromatic nitrogens is 2. The Morgan fingerprint density at radius 1 is 0.852 bits per heavy atom. The largest absolute Gasteiger partial charge is 0.303 e. The monoisotopic (exact) mass is 389 g/mol. The summed E-state index contributed by atoms with van der Waals surface area (Å²) in [5.74, 6) is 0. The van der Waals surface area contributed by atoms with Crippen LogP contribution in [-0.4, -0.2) is 50.0 Å². The third-order valence-electron chi connectivity index (χ3n) is 5.79. The summed E-state index contributed by atoms with van der Waals surface area (Å²) in [6.45, 7) is 5.79. The molecule has 0 spiro atoms. The molecule has 27 heavy (non-hydrogen) atoms. The molecular weight excluding hydrogens is 362 g/mol. The van der Waals surface area contributed by atoms with Crippen LogP contribution >= 0.6 is 12.2 Å². The number of hydrogen-bond donors (Lipinski definition) is 0.